The number of morpholine rings is 1. The van der Waals surface area contributed by atoms with E-state index in [1.165, 1.54) is 35.6 Å². The second-order valence-electron chi connectivity index (χ2n) is 6.89. The van der Waals surface area contributed by atoms with Crippen molar-refractivity contribution in [1.29, 1.82) is 0 Å². The van der Waals surface area contributed by atoms with Gasteiger partial charge in [-0.3, -0.25) is 14.6 Å². The van der Waals surface area contributed by atoms with Crippen LogP contribution in [0.1, 0.15) is 15.9 Å². The van der Waals surface area contributed by atoms with Crippen LogP contribution in [0.4, 0.5) is 9.52 Å². The van der Waals surface area contributed by atoms with Gasteiger partial charge in [-0.2, -0.15) is 0 Å². The average molecular weight is 399 g/mol. The van der Waals surface area contributed by atoms with Gasteiger partial charge in [0.2, 0.25) is 0 Å². The van der Waals surface area contributed by atoms with Crippen LogP contribution in [-0.2, 0) is 4.74 Å². The number of halogens is 1. The highest BCUT2D eigenvalue weighted by atomic mass is 32.1. The molecule has 2 heterocycles. The lowest BCUT2D eigenvalue weighted by atomic mass is 10.2. The van der Waals surface area contributed by atoms with Gasteiger partial charge in [-0.15, -0.1) is 0 Å². The summed E-state index contributed by atoms with van der Waals surface area (Å²) in [6, 6.07) is 11.8. The van der Waals surface area contributed by atoms with Crippen molar-refractivity contribution >= 4 is 32.6 Å². The molecular weight excluding hydrogens is 377 g/mol. The summed E-state index contributed by atoms with van der Waals surface area (Å²) in [5.41, 5.74) is 2.50. The number of anilines is 1. The minimum atomic E-state index is -0.355. The van der Waals surface area contributed by atoms with E-state index in [9.17, 15) is 9.18 Å². The third kappa shape index (κ3) is 4.22. The molecule has 0 bridgehead atoms. The Morgan fingerprint density at radius 3 is 2.71 bits per heavy atom. The molecule has 3 aromatic rings. The van der Waals surface area contributed by atoms with E-state index in [2.05, 4.69) is 16.0 Å². The van der Waals surface area contributed by atoms with Crippen LogP contribution in [-0.4, -0.2) is 55.2 Å². The maximum absolute atomic E-state index is 13.3. The van der Waals surface area contributed by atoms with Gasteiger partial charge in [0.05, 0.1) is 23.4 Å². The maximum Gasteiger partial charge on any atom is 0.260 e. The Bertz CT molecular complexity index is 967. The number of rotatable bonds is 5. The van der Waals surface area contributed by atoms with Crippen molar-refractivity contribution in [3.05, 3.63) is 59.4 Å². The molecule has 5 nitrogen and oxygen atoms in total. The van der Waals surface area contributed by atoms with Crippen molar-refractivity contribution in [2.24, 2.45) is 0 Å². The van der Waals surface area contributed by atoms with Crippen LogP contribution in [0.5, 0.6) is 0 Å². The average Bonchev–Trinajstić information content (AvgIpc) is 3.12. The number of nitrogens with zero attached hydrogens (tertiary/aromatic N) is 3. The van der Waals surface area contributed by atoms with E-state index in [4.69, 9.17) is 4.74 Å². The number of benzene rings is 2. The maximum atomic E-state index is 13.3. The SMILES string of the molecule is Cc1ccc2nc(N(CCN3CCOCC3)C(=O)c3ccc(F)cc3)sc2c1. The fourth-order valence-electron chi connectivity index (χ4n) is 3.23. The summed E-state index contributed by atoms with van der Waals surface area (Å²) in [4.78, 5) is 21.9. The molecule has 1 saturated heterocycles. The second kappa shape index (κ2) is 8.34. The van der Waals surface area contributed by atoms with Crippen molar-refractivity contribution in [2.45, 2.75) is 6.92 Å². The van der Waals surface area contributed by atoms with Gasteiger partial charge in [0.1, 0.15) is 5.82 Å². The predicted octanol–water partition coefficient (Wildman–Crippen LogP) is 3.72. The molecule has 0 aliphatic carbocycles. The molecule has 0 saturated carbocycles. The van der Waals surface area contributed by atoms with E-state index in [-0.39, 0.29) is 11.7 Å². The largest absolute Gasteiger partial charge is 0.379 e. The number of hydrogen-bond donors (Lipinski definition) is 0. The van der Waals surface area contributed by atoms with Crippen LogP contribution in [0.3, 0.4) is 0 Å². The van der Waals surface area contributed by atoms with E-state index in [0.717, 1.165) is 35.4 Å². The van der Waals surface area contributed by atoms with Gasteiger partial charge in [-0.1, -0.05) is 17.4 Å². The Morgan fingerprint density at radius 2 is 1.96 bits per heavy atom. The molecular formula is C21H22FN3O2S. The molecule has 1 amide bonds. The molecule has 1 fully saturated rings. The van der Waals surface area contributed by atoms with Crippen LogP contribution < -0.4 is 4.90 Å². The summed E-state index contributed by atoms with van der Waals surface area (Å²) < 4.78 is 19.7. The Hall–Kier alpha value is -2.35. The smallest absolute Gasteiger partial charge is 0.260 e. The van der Waals surface area contributed by atoms with Gasteiger partial charge in [-0.05, 0) is 48.9 Å². The number of aromatic nitrogens is 1. The van der Waals surface area contributed by atoms with E-state index < -0.39 is 0 Å². The summed E-state index contributed by atoms with van der Waals surface area (Å²) in [6.07, 6.45) is 0. The van der Waals surface area contributed by atoms with Crippen molar-refractivity contribution in [1.82, 2.24) is 9.88 Å². The zero-order valence-electron chi connectivity index (χ0n) is 15.7. The number of carbonyl (C=O) groups is 1. The molecule has 146 valence electrons. The number of aryl methyl sites for hydroxylation is 1. The Morgan fingerprint density at radius 1 is 1.21 bits per heavy atom. The van der Waals surface area contributed by atoms with E-state index in [1.807, 2.05) is 19.1 Å². The molecule has 1 aliphatic heterocycles. The van der Waals surface area contributed by atoms with Crippen LogP contribution >= 0.6 is 11.3 Å². The fraction of sp³-hybridized carbons (Fsp3) is 0.333. The molecule has 0 spiro atoms. The first-order valence-electron chi connectivity index (χ1n) is 9.35. The molecule has 0 atom stereocenters. The second-order valence-corrected chi connectivity index (χ2v) is 7.89. The quantitative estimate of drug-likeness (QED) is 0.656. The van der Waals surface area contributed by atoms with Crippen LogP contribution in [0, 0.1) is 12.7 Å². The minimum absolute atomic E-state index is 0.163. The number of carbonyl (C=O) groups excluding carboxylic acids is 1. The highest BCUT2D eigenvalue weighted by Gasteiger charge is 2.23. The molecule has 4 rings (SSSR count). The van der Waals surface area contributed by atoms with E-state index >= 15 is 0 Å². The Labute approximate surface area is 167 Å². The monoisotopic (exact) mass is 399 g/mol. The number of ether oxygens (including phenoxy) is 1. The van der Waals surface area contributed by atoms with Gasteiger partial charge in [0.25, 0.3) is 5.91 Å². The zero-order chi connectivity index (χ0) is 19.5. The fourth-order valence-corrected chi connectivity index (χ4v) is 4.32. The molecule has 1 aliphatic rings. The molecule has 7 heteroatoms. The third-order valence-electron chi connectivity index (χ3n) is 4.84. The summed E-state index contributed by atoms with van der Waals surface area (Å²) in [5, 5.41) is 0.670. The Kier molecular flexibility index (Phi) is 5.66. The Balaban J connectivity index is 1.62. The minimum Gasteiger partial charge on any atom is -0.379 e. The van der Waals surface area contributed by atoms with Crippen molar-refractivity contribution in [3.63, 3.8) is 0 Å². The normalized spacial score (nSPS) is 15.1. The van der Waals surface area contributed by atoms with Crippen molar-refractivity contribution in [3.8, 4) is 0 Å². The lowest BCUT2D eigenvalue weighted by Crippen LogP contribution is -2.43. The first-order valence-corrected chi connectivity index (χ1v) is 10.2. The van der Waals surface area contributed by atoms with E-state index in [0.29, 0.717) is 30.5 Å². The topological polar surface area (TPSA) is 45.7 Å². The summed E-state index contributed by atoms with van der Waals surface area (Å²) in [5.74, 6) is -0.518. The first kappa shape index (κ1) is 19.0. The number of thiazole rings is 1. The van der Waals surface area contributed by atoms with Crippen LogP contribution in [0.2, 0.25) is 0 Å². The predicted molar refractivity (Wildman–Crippen MR) is 110 cm³/mol. The summed E-state index contributed by atoms with van der Waals surface area (Å²) in [6.45, 7) is 6.45. The number of amides is 1. The van der Waals surface area contributed by atoms with Gasteiger partial charge >= 0.3 is 0 Å². The van der Waals surface area contributed by atoms with Crippen LogP contribution in [0.25, 0.3) is 10.2 Å². The molecule has 0 radical (unpaired) electrons. The number of hydrogen-bond acceptors (Lipinski definition) is 5. The molecule has 2 aromatic carbocycles. The lowest BCUT2D eigenvalue weighted by Gasteiger charge is -2.29. The molecule has 1 aromatic heterocycles. The highest BCUT2D eigenvalue weighted by molar-refractivity contribution is 7.22. The number of fused-ring (bicyclic) bond motifs is 1. The van der Waals surface area contributed by atoms with Gasteiger partial charge < -0.3 is 4.74 Å². The van der Waals surface area contributed by atoms with Gasteiger partial charge in [0, 0.05) is 31.7 Å². The lowest BCUT2D eigenvalue weighted by molar-refractivity contribution is 0.0391. The summed E-state index contributed by atoms with van der Waals surface area (Å²) in [7, 11) is 0. The van der Waals surface area contributed by atoms with Crippen molar-refractivity contribution in [2.75, 3.05) is 44.3 Å². The summed E-state index contributed by atoms with van der Waals surface area (Å²) >= 11 is 1.51. The molecule has 0 unspecified atom stereocenters. The third-order valence-corrected chi connectivity index (χ3v) is 5.88. The highest BCUT2D eigenvalue weighted by Crippen LogP contribution is 2.30. The van der Waals surface area contributed by atoms with Gasteiger partial charge in [0.15, 0.2) is 5.13 Å². The van der Waals surface area contributed by atoms with Gasteiger partial charge in [-0.25, -0.2) is 9.37 Å². The zero-order valence-corrected chi connectivity index (χ0v) is 16.5. The van der Waals surface area contributed by atoms with E-state index in [1.54, 1.807) is 4.90 Å². The van der Waals surface area contributed by atoms with Crippen LogP contribution in [0.15, 0.2) is 42.5 Å². The molecule has 28 heavy (non-hydrogen) atoms. The standard InChI is InChI=1S/C21H22FN3O2S/c1-15-2-7-18-19(14-15)28-21(23-18)25(9-8-24-10-12-27-13-11-24)20(26)16-3-5-17(22)6-4-16/h2-7,14H,8-13H2,1H3. The first-order chi connectivity index (χ1) is 13.6. The molecule has 0 N–H and O–H groups in total. The van der Waals surface area contributed by atoms with Crippen molar-refractivity contribution < 1.29 is 13.9 Å².